The zero-order valence-corrected chi connectivity index (χ0v) is 6.09. The lowest BCUT2D eigenvalue weighted by Gasteiger charge is -2.11. The van der Waals surface area contributed by atoms with Gasteiger partial charge in [0, 0.05) is 0 Å². The van der Waals surface area contributed by atoms with Gasteiger partial charge in [-0.3, -0.25) is 4.79 Å². The van der Waals surface area contributed by atoms with Crippen molar-refractivity contribution in [2.75, 3.05) is 0 Å². The number of carboxylic acid groups (broad SMARTS) is 1. The minimum absolute atomic E-state index is 0.274. The molecular formula is C6H10F2O3. The van der Waals surface area contributed by atoms with Crippen LogP contribution in [0.15, 0.2) is 0 Å². The molecule has 0 aliphatic rings. The Hall–Kier alpha value is -0.710. The number of ether oxygens (including phenoxy) is 1. The fourth-order valence-electron chi connectivity index (χ4n) is 0.629. The zero-order valence-electron chi connectivity index (χ0n) is 6.09. The molecule has 5 heteroatoms. The fourth-order valence-corrected chi connectivity index (χ4v) is 0.629. The molecule has 0 fully saturated rings. The minimum atomic E-state index is -2.89. The third-order valence-corrected chi connectivity index (χ3v) is 1.15. The van der Waals surface area contributed by atoms with Crippen molar-refractivity contribution in [3.8, 4) is 0 Å². The van der Waals surface area contributed by atoms with E-state index in [-0.39, 0.29) is 12.8 Å². The first kappa shape index (κ1) is 10.3. The number of carboxylic acids is 1. The van der Waals surface area contributed by atoms with Crippen LogP contribution < -0.4 is 0 Å². The van der Waals surface area contributed by atoms with E-state index < -0.39 is 18.7 Å². The molecule has 0 aromatic carbocycles. The van der Waals surface area contributed by atoms with Crippen LogP contribution in [0, 0.1) is 0 Å². The Morgan fingerprint density at radius 3 is 2.45 bits per heavy atom. The predicted molar refractivity (Wildman–Crippen MR) is 33.4 cm³/mol. The molecule has 11 heavy (non-hydrogen) atoms. The maximum absolute atomic E-state index is 11.5. The highest BCUT2D eigenvalue weighted by molar-refractivity contribution is 5.67. The van der Waals surface area contributed by atoms with E-state index in [0.717, 1.165) is 0 Å². The Labute approximate surface area is 63.0 Å². The van der Waals surface area contributed by atoms with Gasteiger partial charge in [-0.05, 0) is 6.42 Å². The first-order valence-corrected chi connectivity index (χ1v) is 3.21. The van der Waals surface area contributed by atoms with E-state index in [1.165, 1.54) is 0 Å². The number of aliphatic carboxylic acids is 1. The van der Waals surface area contributed by atoms with Gasteiger partial charge in [0.15, 0.2) is 0 Å². The van der Waals surface area contributed by atoms with Gasteiger partial charge in [-0.15, -0.1) is 0 Å². The Morgan fingerprint density at radius 2 is 2.18 bits per heavy atom. The summed E-state index contributed by atoms with van der Waals surface area (Å²) in [4.78, 5) is 10.0. The number of rotatable bonds is 5. The van der Waals surface area contributed by atoms with Crippen molar-refractivity contribution in [3.63, 3.8) is 0 Å². The van der Waals surface area contributed by atoms with Crippen LogP contribution in [0.2, 0.25) is 0 Å². The zero-order chi connectivity index (χ0) is 8.85. The first-order chi connectivity index (χ1) is 5.06. The molecular weight excluding hydrogens is 158 g/mol. The van der Waals surface area contributed by atoms with Crippen molar-refractivity contribution in [1.82, 2.24) is 0 Å². The number of hydrogen-bond donors (Lipinski definition) is 1. The number of alkyl halides is 2. The van der Waals surface area contributed by atoms with Gasteiger partial charge in [-0.2, -0.15) is 8.78 Å². The van der Waals surface area contributed by atoms with Crippen LogP contribution >= 0.6 is 0 Å². The SMILES string of the molecule is CCC(CC(=O)O)OC(F)F. The van der Waals surface area contributed by atoms with Gasteiger partial charge in [0.2, 0.25) is 0 Å². The van der Waals surface area contributed by atoms with Gasteiger partial charge in [0.05, 0.1) is 12.5 Å². The second-order valence-corrected chi connectivity index (χ2v) is 2.02. The van der Waals surface area contributed by atoms with Crippen LogP contribution in [0.25, 0.3) is 0 Å². The quantitative estimate of drug-likeness (QED) is 0.676. The monoisotopic (exact) mass is 168 g/mol. The van der Waals surface area contributed by atoms with E-state index in [1.54, 1.807) is 6.92 Å². The first-order valence-electron chi connectivity index (χ1n) is 3.21. The second kappa shape index (κ2) is 5.01. The Kier molecular flexibility index (Phi) is 4.69. The molecule has 0 aromatic heterocycles. The molecule has 66 valence electrons. The van der Waals surface area contributed by atoms with Gasteiger partial charge < -0.3 is 9.84 Å². The summed E-state index contributed by atoms with van der Waals surface area (Å²) in [7, 11) is 0. The molecule has 0 heterocycles. The number of carbonyl (C=O) groups is 1. The van der Waals surface area contributed by atoms with Crippen molar-refractivity contribution in [2.24, 2.45) is 0 Å². The van der Waals surface area contributed by atoms with Crippen molar-refractivity contribution in [2.45, 2.75) is 32.5 Å². The molecule has 0 radical (unpaired) electrons. The molecule has 0 spiro atoms. The Balaban J connectivity index is 3.66. The molecule has 0 rings (SSSR count). The van der Waals surface area contributed by atoms with Crippen LogP contribution in [0.1, 0.15) is 19.8 Å². The van der Waals surface area contributed by atoms with Crippen molar-refractivity contribution >= 4 is 5.97 Å². The molecule has 0 aliphatic heterocycles. The van der Waals surface area contributed by atoms with E-state index in [4.69, 9.17) is 5.11 Å². The molecule has 0 saturated carbocycles. The standard InChI is InChI=1S/C6H10F2O3/c1-2-4(3-5(9)10)11-6(7)8/h4,6H,2-3H2,1H3,(H,9,10). The van der Waals surface area contributed by atoms with Gasteiger partial charge in [0.25, 0.3) is 0 Å². The summed E-state index contributed by atoms with van der Waals surface area (Å²) >= 11 is 0. The van der Waals surface area contributed by atoms with Gasteiger partial charge in [-0.1, -0.05) is 6.92 Å². The van der Waals surface area contributed by atoms with E-state index >= 15 is 0 Å². The average Bonchev–Trinajstić information content (AvgIpc) is 1.84. The van der Waals surface area contributed by atoms with Crippen LogP contribution in [0.3, 0.4) is 0 Å². The third kappa shape index (κ3) is 5.72. The molecule has 3 nitrogen and oxygen atoms in total. The molecule has 0 aliphatic carbocycles. The van der Waals surface area contributed by atoms with Crippen LogP contribution in [-0.2, 0) is 9.53 Å². The highest BCUT2D eigenvalue weighted by atomic mass is 19.3. The summed E-state index contributed by atoms with van der Waals surface area (Å²) in [5.74, 6) is -1.13. The summed E-state index contributed by atoms with van der Waals surface area (Å²) in [6, 6.07) is 0. The maximum atomic E-state index is 11.5. The fraction of sp³-hybridized carbons (Fsp3) is 0.833. The van der Waals surface area contributed by atoms with Crippen LogP contribution in [0.4, 0.5) is 8.78 Å². The summed E-state index contributed by atoms with van der Waals surface area (Å²) in [5.41, 5.74) is 0. The lowest BCUT2D eigenvalue weighted by Crippen LogP contribution is -2.19. The Bertz CT molecular complexity index is 127. The van der Waals surface area contributed by atoms with Crippen LogP contribution in [-0.4, -0.2) is 23.8 Å². The van der Waals surface area contributed by atoms with E-state index in [2.05, 4.69) is 4.74 Å². The molecule has 1 unspecified atom stereocenters. The highest BCUT2D eigenvalue weighted by Gasteiger charge is 2.15. The van der Waals surface area contributed by atoms with Crippen molar-refractivity contribution in [1.29, 1.82) is 0 Å². The number of hydrogen-bond acceptors (Lipinski definition) is 2. The average molecular weight is 168 g/mol. The van der Waals surface area contributed by atoms with Crippen LogP contribution in [0.5, 0.6) is 0 Å². The number of halogens is 2. The molecule has 0 saturated heterocycles. The summed E-state index contributed by atoms with van der Waals surface area (Å²) in [6.45, 7) is -1.30. The van der Waals surface area contributed by atoms with Gasteiger partial charge in [0.1, 0.15) is 0 Å². The summed E-state index contributed by atoms with van der Waals surface area (Å²) < 4.78 is 27.0. The van der Waals surface area contributed by atoms with E-state index in [1.807, 2.05) is 0 Å². The molecule has 0 amide bonds. The smallest absolute Gasteiger partial charge is 0.345 e. The van der Waals surface area contributed by atoms with E-state index in [0.29, 0.717) is 0 Å². The summed E-state index contributed by atoms with van der Waals surface area (Å²) in [5, 5.41) is 8.20. The van der Waals surface area contributed by atoms with Crippen molar-refractivity contribution < 1.29 is 23.4 Å². The van der Waals surface area contributed by atoms with Gasteiger partial charge in [-0.25, -0.2) is 0 Å². The molecule has 1 atom stereocenters. The maximum Gasteiger partial charge on any atom is 0.345 e. The summed E-state index contributed by atoms with van der Waals surface area (Å²) in [6.07, 6.45) is -0.982. The lowest BCUT2D eigenvalue weighted by molar-refractivity contribution is -0.171. The Morgan fingerprint density at radius 1 is 1.64 bits per heavy atom. The largest absolute Gasteiger partial charge is 0.481 e. The molecule has 0 aromatic rings. The lowest BCUT2D eigenvalue weighted by atomic mass is 10.2. The highest BCUT2D eigenvalue weighted by Crippen LogP contribution is 2.08. The topological polar surface area (TPSA) is 46.5 Å². The van der Waals surface area contributed by atoms with E-state index in [9.17, 15) is 13.6 Å². The predicted octanol–water partition coefficient (Wildman–Crippen LogP) is 1.48. The third-order valence-electron chi connectivity index (χ3n) is 1.15. The van der Waals surface area contributed by atoms with Crippen molar-refractivity contribution in [3.05, 3.63) is 0 Å². The normalized spacial score (nSPS) is 13.5. The molecule has 1 N–H and O–H groups in total. The minimum Gasteiger partial charge on any atom is -0.481 e. The van der Waals surface area contributed by atoms with Gasteiger partial charge >= 0.3 is 12.6 Å². The molecule has 0 bridgehead atoms. The second-order valence-electron chi connectivity index (χ2n) is 2.02.